The average Bonchev–Trinajstić information content (AvgIpc) is 3.54. The first-order valence-corrected chi connectivity index (χ1v) is 15.5. The van der Waals surface area contributed by atoms with E-state index in [1.165, 1.54) is 0 Å². The summed E-state index contributed by atoms with van der Waals surface area (Å²) >= 11 is 0. The number of likely N-dealkylation sites (tertiary alicyclic amines) is 1. The summed E-state index contributed by atoms with van der Waals surface area (Å²) in [6.45, 7) is 5.44. The lowest BCUT2D eigenvalue weighted by Crippen LogP contribution is -2.60. The highest BCUT2D eigenvalue weighted by Gasteiger charge is 2.43. The molecule has 2 saturated heterocycles. The number of anilines is 2. The van der Waals surface area contributed by atoms with Crippen molar-refractivity contribution in [3.8, 4) is 0 Å². The van der Waals surface area contributed by atoms with Gasteiger partial charge in [-0.25, -0.2) is 9.59 Å². The Labute approximate surface area is 261 Å². The Morgan fingerprint density at radius 1 is 0.978 bits per heavy atom. The molecule has 0 radical (unpaired) electrons. The Balaban J connectivity index is 1.07. The van der Waals surface area contributed by atoms with Crippen LogP contribution in [0.3, 0.4) is 0 Å². The normalized spacial score (nSPS) is 18.2. The van der Waals surface area contributed by atoms with Crippen LogP contribution < -0.4 is 20.9 Å². The van der Waals surface area contributed by atoms with Gasteiger partial charge in [0.15, 0.2) is 0 Å². The fourth-order valence-electron chi connectivity index (χ4n) is 7.00. The molecule has 2 fully saturated rings. The number of nitrogens with one attached hydrogen (secondary N) is 4. The number of aryl methyl sites for hydroxylation is 1. The number of urea groups is 2. The van der Waals surface area contributed by atoms with Gasteiger partial charge in [0.25, 0.3) is 0 Å². The van der Waals surface area contributed by atoms with Crippen LogP contribution in [0.5, 0.6) is 0 Å². The quantitative estimate of drug-likeness (QED) is 0.275. The number of rotatable bonds is 5. The number of carbonyl (C=O) groups is 3. The van der Waals surface area contributed by atoms with Crippen LogP contribution >= 0.6 is 0 Å². The molecule has 5 heterocycles. The summed E-state index contributed by atoms with van der Waals surface area (Å²) in [6, 6.07) is 14.6. The maximum atomic E-state index is 14.1. The lowest BCUT2D eigenvalue weighted by atomic mass is 9.79. The van der Waals surface area contributed by atoms with Gasteiger partial charge < -0.3 is 30.7 Å². The topological polar surface area (TPSA) is 139 Å². The van der Waals surface area contributed by atoms with E-state index in [9.17, 15) is 14.4 Å². The minimum absolute atomic E-state index is 0.0873. The molecule has 2 aromatic heterocycles. The lowest BCUT2D eigenvalue weighted by Gasteiger charge is -2.45. The molecule has 1 unspecified atom stereocenters. The van der Waals surface area contributed by atoms with E-state index in [4.69, 9.17) is 0 Å². The van der Waals surface area contributed by atoms with Crippen LogP contribution in [0.2, 0.25) is 0 Å². The number of H-pyrrole nitrogens is 1. The maximum Gasteiger partial charge on any atom is 0.319 e. The number of hydrogen-bond acceptors (Lipinski definition) is 6. The van der Waals surface area contributed by atoms with Gasteiger partial charge in [-0.15, -0.1) is 0 Å². The third-order valence-electron chi connectivity index (χ3n) is 9.41. The molecule has 0 aliphatic carbocycles. The Morgan fingerprint density at radius 2 is 1.73 bits per heavy atom. The van der Waals surface area contributed by atoms with Crippen molar-refractivity contribution < 1.29 is 14.4 Å². The van der Waals surface area contributed by atoms with Gasteiger partial charge in [0, 0.05) is 80.4 Å². The van der Waals surface area contributed by atoms with Crippen LogP contribution in [-0.2, 0) is 16.8 Å². The van der Waals surface area contributed by atoms with E-state index in [2.05, 4.69) is 42.1 Å². The van der Waals surface area contributed by atoms with Crippen molar-refractivity contribution >= 4 is 40.2 Å². The molecule has 3 aliphatic rings. The van der Waals surface area contributed by atoms with Crippen LogP contribution in [0, 0.1) is 6.92 Å². The van der Waals surface area contributed by atoms with Gasteiger partial charge >= 0.3 is 12.1 Å². The second-order valence-corrected chi connectivity index (χ2v) is 12.2. The second kappa shape index (κ2) is 11.8. The summed E-state index contributed by atoms with van der Waals surface area (Å²) in [6.07, 6.45) is 6.85. The van der Waals surface area contributed by atoms with Gasteiger partial charge in [-0.2, -0.15) is 5.10 Å². The van der Waals surface area contributed by atoms with E-state index >= 15 is 0 Å². The fourth-order valence-corrected chi connectivity index (χ4v) is 7.00. The van der Waals surface area contributed by atoms with Crippen molar-refractivity contribution in [1.82, 2.24) is 35.6 Å². The molecule has 0 saturated carbocycles. The van der Waals surface area contributed by atoms with Crippen LogP contribution in [0.15, 0.2) is 67.1 Å². The smallest absolute Gasteiger partial charge is 0.319 e. The summed E-state index contributed by atoms with van der Waals surface area (Å²) in [5.41, 5.74) is 5.35. The van der Waals surface area contributed by atoms with Gasteiger partial charge in [-0.05, 0) is 55.2 Å². The molecule has 1 atom stereocenters. The maximum absolute atomic E-state index is 14.1. The number of para-hydroxylation sites is 1. The summed E-state index contributed by atoms with van der Waals surface area (Å²) in [5, 5.41) is 17.3. The van der Waals surface area contributed by atoms with Gasteiger partial charge in [0.1, 0.15) is 6.04 Å². The Morgan fingerprint density at radius 3 is 2.51 bits per heavy atom. The molecule has 12 nitrogen and oxygen atoms in total. The molecule has 4 N–H and O–H groups in total. The highest BCUT2D eigenvalue weighted by molar-refractivity contribution is 5.94. The van der Waals surface area contributed by atoms with Crippen molar-refractivity contribution in [2.24, 2.45) is 0 Å². The standard InChI is InChI=1S/C33H37N9O3/c1-22-18-23(19-24-21-35-39-29(22)24)20-28(30(43)41-16-14-40(15-17-41)25-6-10-34-11-7-25)37-32(45)42-12-8-33(9-13-42)26-4-2-3-5-27(26)36-31(44)38-33/h2-7,10-11,18-19,21,28H,8-9,12-17,20H2,1H3,(H,35,39)(H,37,45)(H2,36,38,44). The van der Waals surface area contributed by atoms with Crippen molar-refractivity contribution in [1.29, 1.82) is 0 Å². The van der Waals surface area contributed by atoms with Crippen molar-refractivity contribution in [3.63, 3.8) is 0 Å². The molecule has 232 valence electrons. The number of aromatic nitrogens is 3. The zero-order valence-electron chi connectivity index (χ0n) is 25.3. The lowest BCUT2D eigenvalue weighted by molar-refractivity contribution is -0.133. The Kier molecular flexibility index (Phi) is 7.48. The first-order chi connectivity index (χ1) is 21.9. The number of nitrogens with zero attached hydrogens (tertiary/aromatic N) is 5. The number of benzene rings is 2. The Hall–Kier alpha value is -5.13. The number of piperazine rings is 1. The van der Waals surface area contributed by atoms with Crippen molar-refractivity contribution in [2.75, 3.05) is 49.5 Å². The zero-order valence-corrected chi connectivity index (χ0v) is 25.3. The monoisotopic (exact) mass is 607 g/mol. The molecular formula is C33H37N9O3. The predicted molar refractivity (Wildman–Crippen MR) is 171 cm³/mol. The van der Waals surface area contributed by atoms with Gasteiger partial charge in [0.05, 0.1) is 17.3 Å². The van der Waals surface area contributed by atoms with Crippen molar-refractivity contribution in [2.45, 2.75) is 37.8 Å². The van der Waals surface area contributed by atoms with Gasteiger partial charge in [-0.1, -0.05) is 24.3 Å². The van der Waals surface area contributed by atoms with Crippen LogP contribution in [0.1, 0.15) is 29.5 Å². The molecule has 2 aromatic carbocycles. The van der Waals surface area contributed by atoms with E-state index in [1.54, 1.807) is 23.5 Å². The highest BCUT2D eigenvalue weighted by atomic mass is 16.2. The second-order valence-electron chi connectivity index (χ2n) is 12.2. The van der Waals surface area contributed by atoms with E-state index in [0.29, 0.717) is 58.5 Å². The average molecular weight is 608 g/mol. The SMILES string of the molecule is Cc1cc(CC(NC(=O)N2CCC3(CC2)NC(=O)Nc2ccccc23)C(=O)N2CCN(c3ccncc3)CC2)cc2cn[nH]c12. The number of hydrogen-bond donors (Lipinski definition) is 4. The van der Waals surface area contributed by atoms with Crippen LogP contribution in [0.4, 0.5) is 21.0 Å². The third-order valence-corrected chi connectivity index (χ3v) is 9.41. The number of aromatic amines is 1. The molecule has 3 aliphatic heterocycles. The summed E-state index contributed by atoms with van der Waals surface area (Å²) in [5.74, 6) is -0.0873. The molecule has 0 bridgehead atoms. The van der Waals surface area contributed by atoms with E-state index < -0.39 is 11.6 Å². The van der Waals surface area contributed by atoms with Crippen LogP contribution in [0.25, 0.3) is 10.9 Å². The first-order valence-electron chi connectivity index (χ1n) is 15.5. The third kappa shape index (κ3) is 5.63. The Bertz CT molecular complexity index is 1720. The highest BCUT2D eigenvalue weighted by Crippen LogP contribution is 2.39. The van der Waals surface area contributed by atoms with E-state index in [-0.39, 0.29) is 18.0 Å². The summed E-state index contributed by atoms with van der Waals surface area (Å²) in [7, 11) is 0. The number of carbonyl (C=O) groups excluding carboxylic acids is 3. The van der Waals surface area contributed by atoms with Gasteiger partial charge in [-0.3, -0.25) is 14.9 Å². The first kappa shape index (κ1) is 28.6. The molecule has 4 aromatic rings. The molecule has 5 amide bonds. The molecule has 12 heteroatoms. The molecule has 45 heavy (non-hydrogen) atoms. The zero-order chi connectivity index (χ0) is 31.0. The summed E-state index contributed by atoms with van der Waals surface area (Å²) in [4.78, 5) is 50.3. The number of fused-ring (bicyclic) bond motifs is 3. The van der Waals surface area contributed by atoms with Crippen molar-refractivity contribution in [3.05, 3.63) is 83.8 Å². The minimum atomic E-state index is -0.732. The predicted octanol–water partition coefficient (Wildman–Crippen LogP) is 3.36. The van der Waals surface area contributed by atoms with Gasteiger partial charge in [0.2, 0.25) is 5.91 Å². The van der Waals surface area contributed by atoms with Crippen LogP contribution in [-0.4, -0.2) is 88.3 Å². The molecule has 1 spiro atoms. The fraction of sp³-hybridized carbons (Fsp3) is 0.364. The minimum Gasteiger partial charge on any atom is -0.368 e. The number of piperidine rings is 1. The molecule has 7 rings (SSSR count). The number of amides is 5. The van der Waals surface area contributed by atoms with E-state index in [1.807, 2.05) is 54.3 Å². The number of pyridine rings is 1. The van der Waals surface area contributed by atoms with E-state index in [0.717, 1.165) is 39.0 Å². The molecular weight excluding hydrogens is 570 g/mol. The summed E-state index contributed by atoms with van der Waals surface area (Å²) < 4.78 is 0. The largest absolute Gasteiger partial charge is 0.368 e.